The summed E-state index contributed by atoms with van der Waals surface area (Å²) in [7, 11) is 0. The predicted octanol–water partition coefficient (Wildman–Crippen LogP) is 3.54. The van der Waals surface area contributed by atoms with Crippen LogP contribution in [0.3, 0.4) is 0 Å². The van der Waals surface area contributed by atoms with Crippen LogP contribution in [-0.4, -0.2) is 30.4 Å². The Labute approximate surface area is 137 Å². The van der Waals surface area contributed by atoms with E-state index in [-0.39, 0.29) is 24.2 Å². The maximum atomic E-state index is 12.6. The molecule has 2 bridgehead atoms. The van der Waals surface area contributed by atoms with E-state index >= 15 is 0 Å². The Morgan fingerprint density at radius 3 is 2.45 bits per heavy atom. The number of piperidine rings is 3. The minimum atomic E-state index is 0. The van der Waals surface area contributed by atoms with Gasteiger partial charge in [0.15, 0.2) is 0 Å². The predicted molar refractivity (Wildman–Crippen MR) is 92.5 cm³/mol. The Hall–Kier alpha value is -1.58. The third kappa shape index (κ3) is 2.83. The number of benzene rings is 2. The molecule has 3 aliphatic rings. The standard InChI is InChI=1S/C18H20N2O.ClH/c21-18(17-12-20-9-7-14(17)8-10-20)19-16-6-5-13-3-1-2-4-15(13)11-16;/h1-6,11,14,17H,7-10,12H2,(H,19,21);1H. The number of fused-ring (bicyclic) bond motifs is 4. The van der Waals surface area contributed by atoms with Crippen molar-refractivity contribution >= 4 is 34.8 Å². The van der Waals surface area contributed by atoms with E-state index in [9.17, 15) is 4.79 Å². The number of hydrogen-bond acceptors (Lipinski definition) is 2. The fraction of sp³-hybridized carbons (Fsp3) is 0.389. The Bertz CT molecular complexity index is 680. The van der Waals surface area contributed by atoms with Crippen molar-refractivity contribution in [2.75, 3.05) is 25.0 Å². The lowest BCUT2D eigenvalue weighted by atomic mass is 9.78. The van der Waals surface area contributed by atoms with Crippen LogP contribution in [0.2, 0.25) is 0 Å². The molecule has 3 aliphatic heterocycles. The van der Waals surface area contributed by atoms with Gasteiger partial charge in [0.1, 0.15) is 0 Å². The highest BCUT2D eigenvalue weighted by molar-refractivity contribution is 5.96. The van der Waals surface area contributed by atoms with Crippen molar-refractivity contribution in [1.29, 1.82) is 0 Å². The largest absolute Gasteiger partial charge is 0.326 e. The SMILES string of the molecule is Cl.O=C(Nc1ccc2ccccc2c1)C1CN2CCC1CC2. The molecule has 116 valence electrons. The molecule has 0 aromatic heterocycles. The van der Waals surface area contributed by atoms with Gasteiger partial charge in [0.25, 0.3) is 0 Å². The van der Waals surface area contributed by atoms with Gasteiger partial charge < -0.3 is 10.2 Å². The normalized spacial score (nSPS) is 26.5. The first kappa shape index (κ1) is 15.3. The van der Waals surface area contributed by atoms with Gasteiger partial charge in [-0.05, 0) is 54.8 Å². The summed E-state index contributed by atoms with van der Waals surface area (Å²) in [6.45, 7) is 3.28. The van der Waals surface area contributed by atoms with Gasteiger partial charge in [-0.15, -0.1) is 12.4 Å². The molecular formula is C18H21ClN2O. The summed E-state index contributed by atoms with van der Waals surface area (Å²) in [5.74, 6) is 0.939. The van der Waals surface area contributed by atoms with Crippen LogP contribution < -0.4 is 5.32 Å². The zero-order valence-corrected chi connectivity index (χ0v) is 13.3. The molecule has 2 aromatic rings. The first-order valence-corrected chi connectivity index (χ1v) is 7.81. The molecule has 4 heteroatoms. The van der Waals surface area contributed by atoms with E-state index in [0.717, 1.165) is 12.2 Å². The molecule has 22 heavy (non-hydrogen) atoms. The van der Waals surface area contributed by atoms with Crippen molar-refractivity contribution in [2.24, 2.45) is 11.8 Å². The topological polar surface area (TPSA) is 32.3 Å². The Kier molecular flexibility index (Phi) is 4.37. The number of carbonyl (C=O) groups excluding carboxylic acids is 1. The first-order chi connectivity index (χ1) is 10.3. The summed E-state index contributed by atoms with van der Waals surface area (Å²) in [6, 6.07) is 14.4. The van der Waals surface area contributed by atoms with Gasteiger partial charge in [0.05, 0.1) is 5.92 Å². The lowest BCUT2D eigenvalue weighted by molar-refractivity contribution is -0.125. The van der Waals surface area contributed by atoms with Crippen molar-refractivity contribution in [3.05, 3.63) is 42.5 Å². The van der Waals surface area contributed by atoms with Gasteiger partial charge in [-0.25, -0.2) is 0 Å². The minimum Gasteiger partial charge on any atom is -0.326 e. The van der Waals surface area contributed by atoms with Crippen LogP contribution in [0, 0.1) is 11.8 Å². The zero-order valence-electron chi connectivity index (χ0n) is 12.5. The zero-order chi connectivity index (χ0) is 14.2. The molecule has 5 rings (SSSR count). The van der Waals surface area contributed by atoms with Gasteiger partial charge in [-0.3, -0.25) is 4.79 Å². The van der Waals surface area contributed by atoms with Crippen molar-refractivity contribution in [1.82, 2.24) is 4.90 Å². The van der Waals surface area contributed by atoms with Crippen molar-refractivity contribution in [3.8, 4) is 0 Å². The summed E-state index contributed by atoms with van der Waals surface area (Å²) in [5.41, 5.74) is 0.912. The number of halogens is 1. The molecule has 2 aromatic carbocycles. The van der Waals surface area contributed by atoms with E-state index in [1.807, 2.05) is 18.2 Å². The molecule has 3 fully saturated rings. The summed E-state index contributed by atoms with van der Waals surface area (Å²) < 4.78 is 0. The van der Waals surface area contributed by atoms with Crippen molar-refractivity contribution in [2.45, 2.75) is 12.8 Å². The van der Waals surface area contributed by atoms with Crippen LogP contribution in [0.25, 0.3) is 10.8 Å². The third-order valence-corrected chi connectivity index (χ3v) is 5.01. The molecule has 0 spiro atoms. The summed E-state index contributed by atoms with van der Waals surface area (Å²) in [6.07, 6.45) is 2.35. The lowest BCUT2D eigenvalue weighted by Gasteiger charge is -2.43. The number of carbonyl (C=O) groups is 1. The third-order valence-electron chi connectivity index (χ3n) is 5.01. The fourth-order valence-corrected chi connectivity index (χ4v) is 3.76. The first-order valence-electron chi connectivity index (χ1n) is 7.81. The lowest BCUT2D eigenvalue weighted by Crippen LogP contribution is -2.51. The molecule has 3 heterocycles. The summed E-state index contributed by atoms with van der Waals surface area (Å²) in [4.78, 5) is 15.0. The molecule has 0 saturated carbocycles. The minimum absolute atomic E-state index is 0. The number of anilines is 1. The van der Waals surface area contributed by atoms with Crippen molar-refractivity contribution in [3.63, 3.8) is 0 Å². The summed E-state index contributed by atoms with van der Waals surface area (Å²) in [5, 5.41) is 5.50. The Morgan fingerprint density at radius 2 is 1.77 bits per heavy atom. The van der Waals surface area contributed by atoms with E-state index in [1.54, 1.807) is 0 Å². The second-order valence-corrected chi connectivity index (χ2v) is 6.30. The fourth-order valence-electron chi connectivity index (χ4n) is 3.76. The molecule has 3 nitrogen and oxygen atoms in total. The van der Waals surface area contributed by atoms with E-state index in [0.29, 0.717) is 5.92 Å². The molecular weight excluding hydrogens is 296 g/mol. The molecule has 3 saturated heterocycles. The smallest absolute Gasteiger partial charge is 0.229 e. The summed E-state index contributed by atoms with van der Waals surface area (Å²) >= 11 is 0. The maximum Gasteiger partial charge on any atom is 0.229 e. The van der Waals surface area contributed by atoms with Crippen LogP contribution in [0.5, 0.6) is 0 Å². The highest BCUT2D eigenvalue weighted by atomic mass is 35.5. The molecule has 1 atom stereocenters. The van der Waals surface area contributed by atoms with Gasteiger partial charge in [0, 0.05) is 12.2 Å². The average Bonchev–Trinajstić information content (AvgIpc) is 2.56. The number of rotatable bonds is 2. The van der Waals surface area contributed by atoms with E-state index in [4.69, 9.17) is 0 Å². The number of nitrogens with one attached hydrogen (secondary N) is 1. The van der Waals surface area contributed by atoms with Gasteiger partial charge in [-0.1, -0.05) is 30.3 Å². The van der Waals surface area contributed by atoms with E-state index < -0.39 is 0 Å². The van der Waals surface area contributed by atoms with Gasteiger partial charge in [-0.2, -0.15) is 0 Å². The second kappa shape index (κ2) is 6.27. The van der Waals surface area contributed by atoms with Gasteiger partial charge in [0.2, 0.25) is 5.91 Å². The van der Waals surface area contributed by atoms with E-state index in [2.05, 4.69) is 34.5 Å². The molecule has 0 aliphatic carbocycles. The number of amides is 1. The van der Waals surface area contributed by atoms with E-state index in [1.165, 1.54) is 36.7 Å². The monoisotopic (exact) mass is 316 g/mol. The van der Waals surface area contributed by atoms with Crippen LogP contribution in [-0.2, 0) is 4.79 Å². The van der Waals surface area contributed by atoms with Crippen LogP contribution in [0.15, 0.2) is 42.5 Å². The molecule has 1 N–H and O–H groups in total. The Balaban J connectivity index is 0.00000144. The molecule has 1 unspecified atom stereocenters. The van der Waals surface area contributed by atoms with Crippen molar-refractivity contribution < 1.29 is 4.79 Å². The van der Waals surface area contributed by atoms with Gasteiger partial charge >= 0.3 is 0 Å². The quantitative estimate of drug-likeness (QED) is 0.919. The maximum absolute atomic E-state index is 12.6. The average molecular weight is 317 g/mol. The molecule has 1 amide bonds. The second-order valence-electron chi connectivity index (χ2n) is 6.30. The highest BCUT2D eigenvalue weighted by Crippen LogP contribution is 2.33. The van der Waals surface area contributed by atoms with Crippen LogP contribution >= 0.6 is 12.4 Å². The van der Waals surface area contributed by atoms with Crippen LogP contribution in [0.1, 0.15) is 12.8 Å². The number of nitrogens with zero attached hydrogens (tertiary/aromatic N) is 1. The number of hydrogen-bond donors (Lipinski definition) is 1. The highest BCUT2D eigenvalue weighted by Gasteiger charge is 2.38. The Morgan fingerprint density at radius 1 is 1.05 bits per heavy atom. The van der Waals surface area contributed by atoms with Crippen LogP contribution in [0.4, 0.5) is 5.69 Å². The molecule has 0 radical (unpaired) electrons.